The summed E-state index contributed by atoms with van der Waals surface area (Å²) in [5.74, 6) is 3.07. The van der Waals surface area contributed by atoms with Crippen molar-refractivity contribution in [1.82, 2.24) is 0 Å². The molecule has 1 aromatic rings. The molecule has 0 spiro atoms. The highest BCUT2D eigenvalue weighted by Crippen LogP contribution is 2.17. The first-order valence-corrected chi connectivity index (χ1v) is 7.00. The van der Waals surface area contributed by atoms with Crippen LogP contribution in [0.5, 0.6) is 5.75 Å². The summed E-state index contributed by atoms with van der Waals surface area (Å²) in [7, 11) is 1.67. The summed E-state index contributed by atoms with van der Waals surface area (Å²) in [5.41, 5.74) is 6.77. The van der Waals surface area contributed by atoms with E-state index in [9.17, 15) is 0 Å². The molecular weight excluding hydrogens is 234 g/mol. The van der Waals surface area contributed by atoms with Gasteiger partial charge in [0.15, 0.2) is 0 Å². The fraction of sp³-hybridized carbons (Fsp3) is 0.538. The summed E-state index contributed by atoms with van der Waals surface area (Å²) in [5, 5.41) is 0. The van der Waals surface area contributed by atoms with Crippen molar-refractivity contribution in [1.29, 1.82) is 0 Å². The molecule has 0 fully saturated rings. The lowest BCUT2D eigenvalue weighted by molar-refractivity contribution is 0.146. The lowest BCUT2D eigenvalue weighted by atomic mass is 10.2. The zero-order valence-corrected chi connectivity index (χ0v) is 11.2. The van der Waals surface area contributed by atoms with Crippen LogP contribution in [-0.4, -0.2) is 32.6 Å². The minimum Gasteiger partial charge on any atom is -0.491 e. The van der Waals surface area contributed by atoms with Gasteiger partial charge in [0.25, 0.3) is 0 Å². The molecule has 0 aliphatic rings. The number of ether oxygens (including phenoxy) is 2. The lowest BCUT2D eigenvalue weighted by Crippen LogP contribution is -2.04. The molecule has 0 amide bonds. The molecule has 1 aromatic carbocycles. The summed E-state index contributed by atoms with van der Waals surface area (Å²) in [6, 6.07) is 8.23. The van der Waals surface area contributed by atoms with E-state index in [4.69, 9.17) is 15.2 Å². The van der Waals surface area contributed by atoms with Gasteiger partial charge in [-0.25, -0.2) is 0 Å². The highest BCUT2D eigenvalue weighted by atomic mass is 32.2. The second-order valence-corrected chi connectivity index (χ2v) is 4.79. The van der Waals surface area contributed by atoms with E-state index in [1.165, 1.54) is 5.56 Å². The van der Waals surface area contributed by atoms with E-state index in [1.807, 2.05) is 23.9 Å². The standard InChI is InChI=1S/C13H21NO2S/c1-15-8-9-16-13-5-3-12(4-6-13)11-17-10-2-7-14/h3-6H,2,7-11,14H2,1H3. The molecule has 1 rings (SSSR count). The van der Waals surface area contributed by atoms with Crippen LogP contribution in [0.2, 0.25) is 0 Å². The fourth-order valence-electron chi connectivity index (χ4n) is 1.30. The van der Waals surface area contributed by atoms with Gasteiger partial charge in [-0.3, -0.25) is 0 Å². The monoisotopic (exact) mass is 255 g/mol. The van der Waals surface area contributed by atoms with Crippen molar-refractivity contribution in [2.45, 2.75) is 12.2 Å². The van der Waals surface area contributed by atoms with Crippen LogP contribution in [0.3, 0.4) is 0 Å². The number of hydrogen-bond donors (Lipinski definition) is 1. The minimum absolute atomic E-state index is 0.598. The molecule has 0 heterocycles. The van der Waals surface area contributed by atoms with E-state index in [1.54, 1.807) is 7.11 Å². The van der Waals surface area contributed by atoms with Gasteiger partial charge in [0.2, 0.25) is 0 Å². The SMILES string of the molecule is COCCOc1ccc(CSCCCN)cc1. The first-order valence-electron chi connectivity index (χ1n) is 5.85. The molecule has 0 saturated heterocycles. The summed E-state index contributed by atoms with van der Waals surface area (Å²) in [6.07, 6.45) is 1.09. The van der Waals surface area contributed by atoms with Crippen LogP contribution in [0.25, 0.3) is 0 Å². The Bertz CT molecular complexity index is 290. The van der Waals surface area contributed by atoms with E-state index >= 15 is 0 Å². The second kappa shape index (κ2) is 9.33. The van der Waals surface area contributed by atoms with Crippen molar-refractivity contribution in [2.24, 2.45) is 5.73 Å². The average Bonchev–Trinajstić information content (AvgIpc) is 2.37. The molecule has 0 aliphatic carbocycles. The second-order valence-electron chi connectivity index (χ2n) is 3.68. The summed E-state index contributed by atoms with van der Waals surface area (Å²) in [4.78, 5) is 0. The third-order valence-electron chi connectivity index (χ3n) is 2.24. The number of hydrogen-bond acceptors (Lipinski definition) is 4. The van der Waals surface area contributed by atoms with Crippen LogP contribution in [0, 0.1) is 0 Å². The quantitative estimate of drug-likeness (QED) is 0.688. The Labute approximate surface area is 108 Å². The highest BCUT2D eigenvalue weighted by Gasteiger charge is 1.96. The molecule has 4 heteroatoms. The summed E-state index contributed by atoms with van der Waals surface area (Å²) < 4.78 is 10.4. The molecular formula is C13H21NO2S. The van der Waals surface area contributed by atoms with E-state index in [2.05, 4.69) is 12.1 Å². The van der Waals surface area contributed by atoms with Crippen LogP contribution >= 0.6 is 11.8 Å². The van der Waals surface area contributed by atoms with Crippen molar-refractivity contribution in [3.8, 4) is 5.75 Å². The maximum atomic E-state index is 5.50. The van der Waals surface area contributed by atoms with Gasteiger partial charge in [0, 0.05) is 12.9 Å². The third-order valence-corrected chi connectivity index (χ3v) is 3.36. The van der Waals surface area contributed by atoms with Gasteiger partial charge in [-0.15, -0.1) is 0 Å². The summed E-state index contributed by atoms with van der Waals surface area (Å²) >= 11 is 1.92. The predicted octanol–water partition coefficient (Wildman–Crippen LogP) is 2.29. The van der Waals surface area contributed by atoms with Crippen molar-refractivity contribution in [2.75, 3.05) is 32.6 Å². The molecule has 96 valence electrons. The van der Waals surface area contributed by atoms with Crippen molar-refractivity contribution >= 4 is 11.8 Å². The smallest absolute Gasteiger partial charge is 0.119 e. The number of rotatable bonds is 9. The van der Waals surface area contributed by atoms with Crippen LogP contribution in [0.4, 0.5) is 0 Å². The van der Waals surface area contributed by atoms with Gasteiger partial charge in [-0.05, 0) is 36.4 Å². The molecule has 17 heavy (non-hydrogen) atoms. The molecule has 0 unspecified atom stereocenters. The van der Waals surface area contributed by atoms with Gasteiger partial charge < -0.3 is 15.2 Å². The minimum atomic E-state index is 0.598. The van der Waals surface area contributed by atoms with Crippen LogP contribution in [0.15, 0.2) is 24.3 Å². The maximum Gasteiger partial charge on any atom is 0.119 e. The Hall–Kier alpha value is -0.710. The predicted molar refractivity (Wildman–Crippen MR) is 73.6 cm³/mol. The molecule has 0 aromatic heterocycles. The van der Waals surface area contributed by atoms with E-state index < -0.39 is 0 Å². The van der Waals surface area contributed by atoms with E-state index in [-0.39, 0.29) is 0 Å². The molecule has 0 radical (unpaired) electrons. The molecule has 3 nitrogen and oxygen atoms in total. The van der Waals surface area contributed by atoms with Crippen LogP contribution < -0.4 is 10.5 Å². The van der Waals surface area contributed by atoms with Crippen LogP contribution in [-0.2, 0) is 10.5 Å². The van der Waals surface area contributed by atoms with Crippen molar-refractivity contribution in [3.63, 3.8) is 0 Å². The maximum absolute atomic E-state index is 5.50. The van der Waals surface area contributed by atoms with Gasteiger partial charge in [-0.2, -0.15) is 11.8 Å². The van der Waals surface area contributed by atoms with Crippen molar-refractivity contribution in [3.05, 3.63) is 29.8 Å². The molecule has 0 bridgehead atoms. The fourth-order valence-corrected chi connectivity index (χ4v) is 2.24. The first-order chi connectivity index (χ1) is 8.36. The highest BCUT2D eigenvalue weighted by molar-refractivity contribution is 7.98. The van der Waals surface area contributed by atoms with Crippen LogP contribution in [0.1, 0.15) is 12.0 Å². The number of thioether (sulfide) groups is 1. The first kappa shape index (κ1) is 14.4. The summed E-state index contributed by atoms with van der Waals surface area (Å²) in [6.45, 7) is 2.00. The number of nitrogens with two attached hydrogens (primary N) is 1. The molecule has 2 N–H and O–H groups in total. The van der Waals surface area contributed by atoms with Gasteiger partial charge in [-0.1, -0.05) is 12.1 Å². The number of benzene rings is 1. The van der Waals surface area contributed by atoms with E-state index in [0.717, 1.165) is 30.2 Å². The van der Waals surface area contributed by atoms with E-state index in [0.29, 0.717) is 13.2 Å². The Balaban J connectivity index is 2.24. The third kappa shape index (κ3) is 6.56. The van der Waals surface area contributed by atoms with Crippen molar-refractivity contribution < 1.29 is 9.47 Å². The Morgan fingerprint density at radius 1 is 1.18 bits per heavy atom. The largest absolute Gasteiger partial charge is 0.491 e. The zero-order chi connectivity index (χ0) is 12.3. The average molecular weight is 255 g/mol. The topological polar surface area (TPSA) is 44.5 Å². The normalized spacial score (nSPS) is 10.5. The van der Waals surface area contributed by atoms with Gasteiger partial charge in [0.05, 0.1) is 6.61 Å². The van der Waals surface area contributed by atoms with Gasteiger partial charge >= 0.3 is 0 Å². The van der Waals surface area contributed by atoms with Gasteiger partial charge in [0.1, 0.15) is 12.4 Å². The number of methoxy groups -OCH3 is 1. The Morgan fingerprint density at radius 3 is 2.59 bits per heavy atom. The molecule has 0 aliphatic heterocycles. The Kier molecular flexibility index (Phi) is 7.88. The Morgan fingerprint density at radius 2 is 1.94 bits per heavy atom. The molecule has 0 atom stereocenters. The lowest BCUT2D eigenvalue weighted by Gasteiger charge is -2.06. The molecule has 0 saturated carbocycles. The zero-order valence-electron chi connectivity index (χ0n) is 10.4.